The van der Waals surface area contributed by atoms with Gasteiger partial charge in [0.1, 0.15) is 5.75 Å². The molecule has 120 valence electrons. The minimum atomic E-state index is -0.487. The first-order valence-electron chi connectivity index (χ1n) is 6.46. The van der Waals surface area contributed by atoms with Gasteiger partial charge in [-0.3, -0.25) is 21.0 Å². The average molecular weight is 370 g/mol. The van der Waals surface area contributed by atoms with Crippen molar-refractivity contribution < 1.29 is 9.53 Å². The Morgan fingerprint density at radius 1 is 1.17 bits per heavy atom. The lowest BCUT2D eigenvalue weighted by atomic mass is 10.2. The topological polar surface area (TPSA) is 62.4 Å². The van der Waals surface area contributed by atoms with Gasteiger partial charge in [0.2, 0.25) is 0 Å². The Balaban J connectivity index is 2.03. The smallest absolute Gasteiger partial charge is 0.261 e. The molecule has 0 unspecified atom stereocenters. The molecule has 0 aliphatic rings. The zero-order valence-corrected chi connectivity index (χ0v) is 14.4. The number of nitrogens with one attached hydrogen (secondary N) is 3. The van der Waals surface area contributed by atoms with Crippen LogP contribution in [0.1, 0.15) is 10.4 Å². The summed E-state index contributed by atoms with van der Waals surface area (Å²) in [5.74, 6) is -0.258. The maximum atomic E-state index is 12.3. The molecule has 0 aliphatic heterocycles. The van der Waals surface area contributed by atoms with Crippen LogP contribution in [0.3, 0.4) is 0 Å². The molecule has 0 atom stereocenters. The lowest BCUT2D eigenvalue weighted by Gasteiger charge is -2.14. The van der Waals surface area contributed by atoms with E-state index in [0.29, 0.717) is 5.02 Å². The molecule has 0 spiro atoms. The van der Waals surface area contributed by atoms with Crippen LogP contribution in [-0.2, 0) is 0 Å². The molecule has 23 heavy (non-hydrogen) atoms. The first-order valence-corrected chi connectivity index (χ1v) is 7.63. The second-order valence-corrected chi connectivity index (χ2v) is 5.62. The molecule has 2 rings (SSSR count). The summed E-state index contributed by atoms with van der Waals surface area (Å²) in [4.78, 5) is 12.3. The number of para-hydroxylation sites is 1. The van der Waals surface area contributed by atoms with Crippen LogP contribution >= 0.6 is 35.4 Å². The lowest BCUT2D eigenvalue weighted by molar-refractivity contribution is 0.0974. The minimum Gasteiger partial charge on any atom is -0.494 e. The molecule has 0 radical (unpaired) electrons. The quantitative estimate of drug-likeness (QED) is 0.567. The van der Waals surface area contributed by atoms with Crippen molar-refractivity contribution in [1.82, 2.24) is 10.7 Å². The lowest BCUT2D eigenvalue weighted by Crippen LogP contribution is -2.42. The number of thiocarbonyl (C=S) groups is 1. The van der Waals surface area contributed by atoms with Gasteiger partial charge in [-0.25, -0.2) is 0 Å². The van der Waals surface area contributed by atoms with E-state index in [-0.39, 0.29) is 21.4 Å². The number of benzene rings is 2. The molecule has 3 N–H and O–H groups in total. The Bertz CT molecular complexity index is 726. The molecule has 8 heteroatoms. The van der Waals surface area contributed by atoms with E-state index in [1.165, 1.54) is 19.2 Å². The van der Waals surface area contributed by atoms with Gasteiger partial charge >= 0.3 is 0 Å². The summed E-state index contributed by atoms with van der Waals surface area (Å²) < 4.78 is 5.13. The van der Waals surface area contributed by atoms with Crippen LogP contribution in [0.15, 0.2) is 42.5 Å². The molecular weight excluding hydrogens is 357 g/mol. The van der Waals surface area contributed by atoms with Crippen LogP contribution in [-0.4, -0.2) is 18.1 Å². The maximum absolute atomic E-state index is 12.3. The summed E-state index contributed by atoms with van der Waals surface area (Å²) >= 11 is 17.0. The van der Waals surface area contributed by atoms with Gasteiger partial charge in [-0.1, -0.05) is 41.4 Å². The number of anilines is 1. The van der Waals surface area contributed by atoms with Gasteiger partial charge in [0.15, 0.2) is 5.11 Å². The zero-order valence-electron chi connectivity index (χ0n) is 12.0. The summed E-state index contributed by atoms with van der Waals surface area (Å²) in [6.45, 7) is 0. The molecule has 2 aromatic carbocycles. The van der Waals surface area contributed by atoms with Crippen LogP contribution in [0.2, 0.25) is 10.0 Å². The van der Waals surface area contributed by atoms with Crippen molar-refractivity contribution in [2.75, 3.05) is 12.5 Å². The molecule has 0 fully saturated rings. The fraction of sp³-hybridized carbons (Fsp3) is 0.0667. The largest absolute Gasteiger partial charge is 0.494 e. The SMILES string of the molecule is COc1c(Cl)cc(Cl)cc1C(=O)NC(=S)NNc1ccccc1. The molecule has 0 heterocycles. The third kappa shape index (κ3) is 4.72. The number of hydrogen-bond donors (Lipinski definition) is 3. The highest BCUT2D eigenvalue weighted by atomic mass is 35.5. The molecule has 5 nitrogen and oxygen atoms in total. The van der Waals surface area contributed by atoms with Crippen molar-refractivity contribution in [3.05, 3.63) is 58.1 Å². The van der Waals surface area contributed by atoms with E-state index in [1.807, 2.05) is 30.3 Å². The Morgan fingerprint density at radius 3 is 2.52 bits per heavy atom. The van der Waals surface area contributed by atoms with Crippen LogP contribution in [0.5, 0.6) is 5.75 Å². The number of amides is 1. The van der Waals surface area contributed by atoms with Crippen molar-refractivity contribution in [1.29, 1.82) is 0 Å². The van der Waals surface area contributed by atoms with E-state index in [9.17, 15) is 4.79 Å². The van der Waals surface area contributed by atoms with Crippen LogP contribution < -0.4 is 20.9 Å². The Hall–Kier alpha value is -2.02. The van der Waals surface area contributed by atoms with Crippen LogP contribution in [0.4, 0.5) is 5.69 Å². The summed E-state index contributed by atoms with van der Waals surface area (Å²) in [5, 5.41) is 3.18. The molecule has 0 saturated carbocycles. The van der Waals surface area contributed by atoms with Gasteiger partial charge in [0.05, 0.1) is 23.4 Å². The van der Waals surface area contributed by atoms with Gasteiger partial charge in [0, 0.05) is 5.02 Å². The number of carbonyl (C=O) groups is 1. The summed E-state index contributed by atoms with van der Waals surface area (Å²) in [6.07, 6.45) is 0. The van der Waals surface area contributed by atoms with Gasteiger partial charge in [-0.2, -0.15) is 0 Å². The fourth-order valence-corrected chi connectivity index (χ4v) is 2.50. The van der Waals surface area contributed by atoms with Crippen LogP contribution in [0.25, 0.3) is 0 Å². The highest BCUT2D eigenvalue weighted by Crippen LogP contribution is 2.32. The number of hydrazine groups is 1. The monoisotopic (exact) mass is 369 g/mol. The average Bonchev–Trinajstić information content (AvgIpc) is 2.53. The van der Waals surface area contributed by atoms with E-state index in [4.69, 9.17) is 40.2 Å². The first kappa shape index (κ1) is 17.3. The molecular formula is C15H13Cl2N3O2S. The number of carbonyl (C=O) groups excluding carboxylic acids is 1. The number of ether oxygens (including phenoxy) is 1. The third-order valence-electron chi connectivity index (χ3n) is 2.78. The van der Waals surface area contributed by atoms with Crippen molar-refractivity contribution >= 4 is 52.1 Å². The first-order chi connectivity index (χ1) is 11.0. The number of hydrogen-bond acceptors (Lipinski definition) is 4. The number of rotatable bonds is 4. The Labute approximate surface area is 148 Å². The highest BCUT2D eigenvalue weighted by molar-refractivity contribution is 7.80. The van der Waals surface area contributed by atoms with Crippen molar-refractivity contribution in [3.8, 4) is 5.75 Å². The van der Waals surface area contributed by atoms with Gasteiger partial charge in [-0.05, 0) is 36.5 Å². The van der Waals surface area contributed by atoms with Gasteiger partial charge in [-0.15, -0.1) is 0 Å². The second-order valence-electron chi connectivity index (χ2n) is 4.37. The molecule has 2 aromatic rings. The van der Waals surface area contributed by atoms with E-state index in [2.05, 4.69) is 16.2 Å². The standard InChI is InChI=1S/C15H13Cl2N3O2S/c1-22-13-11(7-9(16)8-12(13)17)14(21)18-15(23)20-19-10-5-3-2-4-6-10/h2-8,19H,1H3,(H2,18,20,21,23). The maximum Gasteiger partial charge on any atom is 0.261 e. The number of methoxy groups -OCH3 is 1. The highest BCUT2D eigenvalue weighted by Gasteiger charge is 2.17. The predicted octanol–water partition coefficient (Wildman–Crippen LogP) is 3.63. The molecule has 0 aliphatic carbocycles. The summed E-state index contributed by atoms with van der Waals surface area (Å²) in [7, 11) is 1.42. The number of halogens is 2. The molecule has 0 aromatic heterocycles. The van der Waals surface area contributed by atoms with E-state index in [0.717, 1.165) is 5.69 Å². The molecule has 0 bridgehead atoms. The van der Waals surface area contributed by atoms with Crippen molar-refractivity contribution in [3.63, 3.8) is 0 Å². The van der Waals surface area contributed by atoms with E-state index in [1.54, 1.807) is 0 Å². The summed E-state index contributed by atoms with van der Waals surface area (Å²) in [5.41, 5.74) is 6.56. The Kier molecular flexibility index (Phi) is 6.04. The fourth-order valence-electron chi connectivity index (χ4n) is 1.79. The van der Waals surface area contributed by atoms with E-state index >= 15 is 0 Å². The van der Waals surface area contributed by atoms with Crippen molar-refractivity contribution in [2.24, 2.45) is 0 Å². The van der Waals surface area contributed by atoms with Crippen molar-refractivity contribution in [2.45, 2.75) is 0 Å². The normalized spacial score (nSPS) is 9.87. The molecule has 0 saturated heterocycles. The van der Waals surface area contributed by atoms with E-state index < -0.39 is 5.91 Å². The van der Waals surface area contributed by atoms with Gasteiger partial charge in [0.25, 0.3) is 5.91 Å². The summed E-state index contributed by atoms with van der Waals surface area (Å²) in [6, 6.07) is 12.3. The second kappa shape index (κ2) is 8.01. The Morgan fingerprint density at radius 2 is 1.87 bits per heavy atom. The predicted molar refractivity (Wildman–Crippen MR) is 96.3 cm³/mol. The minimum absolute atomic E-state index is 0.0944. The third-order valence-corrected chi connectivity index (χ3v) is 3.48. The van der Waals surface area contributed by atoms with Crippen LogP contribution in [0, 0.1) is 0 Å². The molecule has 1 amide bonds. The zero-order chi connectivity index (χ0) is 16.8. The van der Waals surface area contributed by atoms with Gasteiger partial charge < -0.3 is 4.74 Å².